The van der Waals surface area contributed by atoms with Gasteiger partial charge in [-0.15, -0.1) is 11.3 Å². The Hall–Kier alpha value is -0.900. The number of benzene rings is 1. The summed E-state index contributed by atoms with van der Waals surface area (Å²) in [5, 5.41) is 0.560. The Morgan fingerprint density at radius 3 is 2.82 bits per heavy atom. The topological polar surface area (TPSA) is 26.0 Å². The van der Waals surface area contributed by atoms with Gasteiger partial charge in [0.25, 0.3) is 0 Å². The summed E-state index contributed by atoms with van der Waals surface area (Å²) in [6, 6.07) is 8.35. The molecule has 1 atom stereocenters. The highest BCUT2D eigenvalue weighted by Crippen LogP contribution is 2.35. The van der Waals surface area contributed by atoms with Crippen LogP contribution in [0.4, 0.5) is 4.39 Å². The minimum Gasteiger partial charge on any atom is -0.323 e. The summed E-state index contributed by atoms with van der Waals surface area (Å²) in [6.07, 6.45) is 0.886. The molecule has 0 radical (unpaired) electrons. The van der Waals surface area contributed by atoms with Crippen molar-refractivity contribution in [3.63, 3.8) is 0 Å². The molecule has 4 heteroatoms. The summed E-state index contributed by atoms with van der Waals surface area (Å²) < 4.78 is 13.2. The molecule has 1 heterocycles. The summed E-state index contributed by atoms with van der Waals surface area (Å²) >= 11 is 7.63. The van der Waals surface area contributed by atoms with Crippen LogP contribution in [0.3, 0.4) is 0 Å². The quantitative estimate of drug-likeness (QED) is 0.865. The molecular formula is C13H13ClFNS. The second-order valence-corrected chi connectivity index (χ2v) is 5.36. The summed E-state index contributed by atoms with van der Waals surface area (Å²) in [5.41, 5.74) is 6.68. The van der Waals surface area contributed by atoms with Gasteiger partial charge in [0.15, 0.2) is 0 Å². The molecule has 2 aromatic rings. The molecule has 1 aromatic heterocycles. The van der Waals surface area contributed by atoms with Crippen molar-refractivity contribution in [3.8, 4) is 10.4 Å². The van der Waals surface area contributed by atoms with Crippen LogP contribution in [0.15, 0.2) is 30.3 Å². The van der Waals surface area contributed by atoms with E-state index in [2.05, 4.69) is 0 Å². The van der Waals surface area contributed by atoms with E-state index in [1.54, 1.807) is 17.4 Å². The van der Waals surface area contributed by atoms with Crippen LogP contribution >= 0.6 is 22.9 Å². The van der Waals surface area contributed by atoms with Gasteiger partial charge in [0.1, 0.15) is 5.82 Å². The van der Waals surface area contributed by atoms with E-state index in [1.807, 2.05) is 19.1 Å². The van der Waals surface area contributed by atoms with Crippen LogP contribution in [0.2, 0.25) is 5.02 Å². The maximum atomic E-state index is 13.2. The van der Waals surface area contributed by atoms with E-state index in [0.29, 0.717) is 5.02 Å². The van der Waals surface area contributed by atoms with Crippen molar-refractivity contribution < 1.29 is 4.39 Å². The zero-order valence-electron chi connectivity index (χ0n) is 9.41. The second-order valence-electron chi connectivity index (χ2n) is 3.84. The number of hydrogen-bond acceptors (Lipinski definition) is 2. The maximum absolute atomic E-state index is 13.2. The monoisotopic (exact) mass is 269 g/mol. The van der Waals surface area contributed by atoms with Crippen LogP contribution in [0.5, 0.6) is 0 Å². The number of thiophene rings is 1. The van der Waals surface area contributed by atoms with Crippen LogP contribution in [-0.2, 0) is 0 Å². The molecule has 1 aromatic carbocycles. The SMILES string of the molecule is CCC(N)c1ccc(-c2cc(F)ccc2Cl)s1. The first kappa shape index (κ1) is 12.6. The predicted molar refractivity (Wildman–Crippen MR) is 71.9 cm³/mol. The van der Waals surface area contributed by atoms with Crippen molar-refractivity contribution in [3.05, 3.63) is 46.0 Å². The molecule has 0 spiro atoms. The average molecular weight is 270 g/mol. The lowest BCUT2D eigenvalue weighted by Crippen LogP contribution is -2.05. The Bertz CT molecular complexity index is 524. The standard InChI is InChI=1S/C13H13ClFNS/c1-2-11(16)13-6-5-12(17-13)9-7-8(15)3-4-10(9)14/h3-7,11H,2,16H2,1H3. The van der Waals surface area contributed by atoms with Crippen molar-refractivity contribution in [1.29, 1.82) is 0 Å². The molecule has 1 unspecified atom stereocenters. The van der Waals surface area contributed by atoms with Crippen molar-refractivity contribution in [1.82, 2.24) is 0 Å². The van der Waals surface area contributed by atoms with Crippen LogP contribution < -0.4 is 5.73 Å². The van der Waals surface area contributed by atoms with E-state index in [0.717, 1.165) is 21.7 Å². The van der Waals surface area contributed by atoms with Gasteiger partial charge in [0, 0.05) is 26.4 Å². The Labute approximate surface area is 109 Å². The number of halogens is 2. The molecule has 0 saturated carbocycles. The highest BCUT2D eigenvalue weighted by molar-refractivity contribution is 7.15. The molecule has 0 amide bonds. The average Bonchev–Trinajstić information content (AvgIpc) is 2.80. The van der Waals surface area contributed by atoms with E-state index < -0.39 is 0 Å². The lowest BCUT2D eigenvalue weighted by Gasteiger charge is -2.04. The van der Waals surface area contributed by atoms with Gasteiger partial charge in [-0.1, -0.05) is 18.5 Å². The molecular weight excluding hydrogens is 257 g/mol. The molecule has 0 aliphatic carbocycles. The lowest BCUT2D eigenvalue weighted by molar-refractivity contribution is 0.628. The van der Waals surface area contributed by atoms with Crippen LogP contribution in [-0.4, -0.2) is 0 Å². The van der Waals surface area contributed by atoms with Crippen LogP contribution in [0, 0.1) is 5.82 Å². The molecule has 2 N–H and O–H groups in total. The smallest absolute Gasteiger partial charge is 0.123 e. The highest BCUT2D eigenvalue weighted by atomic mass is 35.5. The summed E-state index contributed by atoms with van der Waals surface area (Å²) in [4.78, 5) is 2.05. The fraction of sp³-hybridized carbons (Fsp3) is 0.231. The molecule has 1 nitrogen and oxygen atoms in total. The number of hydrogen-bond donors (Lipinski definition) is 1. The molecule has 17 heavy (non-hydrogen) atoms. The van der Waals surface area contributed by atoms with Gasteiger partial charge in [-0.3, -0.25) is 0 Å². The molecule has 0 aliphatic heterocycles. The third kappa shape index (κ3) is 2.68. The van der Waals surface area contributed by atoms with Crippen molar-refractivity contribution >= 4 is 22.9 Å². The fourth-order valence-corrected chi connectivity index (χ4v) is 2.98. The highest BCUT2D eigenvalue weighted by Gasteiger charge is 2.11. The van der Waals surface area contributed by atoms with Crippen LogP contribution in [0.25, 0.3) is 10.4 Å². The molecule has 0 aliphatic rings. The minimum absolute atomic E-state index is 0.0427. The van der Waals surface area contributed by atoms with Gasteiger partial charge in [0.2, 0.25) is 0 Å². The van der Waals surface area contributed by atoms with Crippen molar-refractivity contribution in [2.75, 3.05) is 0 Å². The zero-order valence-corrected chi connectivity index (χ0v) is 11.0. The van der Waals surface area contributed by atoms with E-state index in [9.17, 15) is 4.39 Å². The fourth-order valence-electron chi connectivity index (χ4n) is 1.58. The van der Waals surface area contributed by atoms with Gasteiger partial charge >= 0.3 is 0 Å². The Morgan fingerprint density at radius 2 is 2.12 bits per heavy atom. The van der Waals surface area contributed by atoms with Gasteiger partial charge in [0.05, 0.1) is 0 Å². The van der Waals surface area contributed by atoms with Gasteiger partial charge in [-0.05, 0) is 36.8 Å². The first-order valence-electron chi connectivity index (χ1n) is 5.42. The Balaban J connectivity index is 2.40. The van der Waals surface area contributed by atoms with Crippen LogP contribution in [0.1, 0.15) is 24.3 Å². The molecule has 0 saturated heterocycles. The minimum atomic E-state index is -0.279. The largest absolute Gasteiger partial charge is 0.323 e. The van der Waals surface area contributed by atoms with Gasteiger partial charge < -0.3 is 5.73 Å². The van der Waals surface area contributed by atoms with E-state index in [4.69, 9.17) is 17.3 Å². The van der Waals surface area contributed by atoms with E-state index in [-0.39, 0.29) is 11.9 Å². The second kappa shape index (κ2) is 5.17. The number of rotatable bonds is 3. The normalized spacial score (nSPS) is 12.7. The summed E-state index contributed by atoms with van der Waals surface area (Å²) in [5.74, 6) is -0.279. The molecule has 0 fully saturated rings. The third-order valence-corrected chi connectivity index (χ3v) is 4.21. The van der Waals surface area contributed by atoms with Crippen molar-refractivity contribution in [2.24, 2.45) is 5.73 Å². The molecule has 90 valence electrons. The molecule has 2 rings (SSSR count). The van der Waals surface area contributed by atoms with E-state index >= 15 is 0 Å². The predicted octanol–water partition coefficient (Wildman–Crippen LogP) is 4.62. The van der Waals surface area contributed by atoms with E-state index in [1.165, 1.54) is 12.1 Å². The summed E-state index contributed by atoms with van der Waals surface area (Å²) in [7, 11) is 0. The first-order chi connectivity index (χ1) is 8.11. The zero-order chi connectivity index (χ0) is 12.4. The Kier molecular flexibility index (Phi) is 3.82. The van der Waals surface area contributed by atoms with Gasteiger partial charge in [-0.25, -0.2) is 4.39 Å². The molecule has 0 bridgehead atoms. The lowest BCUT2D eigenvalue weighted by atomic mass is 10.1. The van der Waals surface area contributed by atoms with Gasteiger partial charge in [-0.2, -0.15) is 0 Å². The first-order valence-corrected chi connectivity index (χ1v) is 6.62. The number of nitrogens with two attached hydrogens (primary N) is 1. The third-order valence-electron chi connectivity index (χ3n) is 2.63. The van der Waals surface area contributed by atoms with Crippen molar-refractivity contribution in [2.45, 2.75) is 19.4 Å². The summed E-state index contributed by atoms with van der Waals surface area (Å²) in [6.45, 7) is 2.04. The maximum Gasteiger partial charge on any atom is 0.123 e. The Morgan fingerprint density at radius 1 is 1.35 bits per heavy atom.